The monoisotopic (exact) mass is 126 g/mol. The molecule has 0 spiro atoms. The van der Waals surface area contributed by atoms with Gasteiger partial charge in [-0.1, -0.05) is 0 Å². The molecule has 0 aromatic heterocycles. The molecule has 4 heavy (non-hydrogen) atoms. The molecule has 0 amide bonds. The number of hydrogen-bond acceptors (Lipinski definition) is 0. The Balaban J connectivity index is 0. The van der Waals surface area contributed by atoms with Crippen molar-refractivity contribution in [2.24, 2.45) is 0 Å². The average molecular weight is 126 g/mol. The SMILES string of the molecule is O.[CaH2].[CaH2].[NaH]. The van der Waals surface area contributed by atoms with Crippen molar-refractivity contribution in [2.45, 2.75) is 0 Å². The molecule has 18 valence electrons. The number of hydrogen-bond donors (Lipinski definition) is 0. The van der Waals surface area contributed by atoms with E-state index >= 15 is 0 Å². The molecule has 0 unspecified atom stereocenters. The topological polar surface area (TPSA) is 31.5 Å². The predicted octanol–water partition coefficient (Wildman–Crippen LogP) is -3.31. The fourth-order valence-corrected chi connectivity index (χ4v) is 0. The van der Waals surface area contributed by atoms with Gasteiger partial charge in [-0.25, -0.2) is 0 Å². The molecule has 0 radical (unpaired) electrons. The molecule has 0 aromatic rings. The van der Waals surface area contributed by atoms with Crippen LogP contribution in [-0.4, -0.2) is 111 Å². The summed E-state index contributed by atoms with van der Waals surface area (Å²) in [6, 6.07) is 0. The zero-order valence-corrected chi connectivity index (χ0v) is 0.500. The van der Waals surface area contributed by atoms with E-state index in [1.165, 1.54) is 0 Å². The standard InChI is InChI=1S/2Ca.Na.H2O.5H/h;;;1H2;;;;;. The Bertz CT molecular complexity index is 6.00. The molecule has 0 atom stereocenters. The quantitative estimate of drug-likeness (QED) is 0.304. The van der Waals surface area contributed by atoms with Crippen LogP contribution in [0.4, 0.5) is 0 Å². The van der Waals surface area contributed by atoms with Crippen LogP contribution in [0, 0.1) is 0 Å². The zero-order valence-electron chi connectivity index (χ0n) is 0.500. The van der Waals surface area contributed by atoms with Crippen molar-refractivity contribution >= 4 is 105 Å². The molecular formula is H7Ca2NaO. The second-order valence-corrected chi connectivity index (χ2v) is 0. The van der Waals surface area contributed by atoms with E-state index in [-0.39, 0.29) is 111 Å². The third-order valence-electron chi connectivity index (χ3n) is 0. The summed E-state index contributed by atoms with van der Waals surface area (Å²) in [5.41, 5.74) is 0. The van der Waals surface area contributed by atoms with Crippen LogP contribution >= 0.6 is 0 Å². The van der Waals surface area contributed by atoms with Crippen LogP contribution in [0.3, 0.4) is 0 Å². The van der Waals surface area contributed by atoms with Gasteiger partial charge in [-0.2, -0.15) is 0 Å². The summed E-state index contributed by atoms with van der Waals surface area (Å²) in [6.45, 7) is 0. The molecule has 0 aliphatic heterocycles. The van der Waals surface area contributed by atoms with E-state index < -0.39 is 0 Å². The fraction of sp³-hybridized carbons (Fsp3) is 0. The van der Waals surface area contributed by atoms with Crippen LogP contribution in [0.1, 0.15) is 0 Å². The summed E-state index contributed by atoms with van der Waals surface area (Å²) >= 11 is 0. The Kier molecular flexibility index (Phi) is 104. The van der Waals surface area contributed by atoms with E-state index in [0.717, 1.165) is 0 Å². The van der Waals surface area contributed by atoms with Crippen molar-refractivity contribution in [3.63, 3.8) is 0 Å². The van der Waals surface area contributed by atoms with Gasteiger partial charge in [0.1, 0.15) is 0 Å². The third kappa shape index (κ3) is 9.08. The van der Waals surface area contributed by atoms with E-state index in [2.05, 4.69) is 0 Å². The molecule has 0 saturated carbocycles. The van der Waals surface area contributed by atoms with Gasteiger partial charge in [0.25, 0.3) is 0 Å². The third-order valence-corrected chi connectivity index (χ3v) is 0. The molecule has 0 aliphatic carbocycles. The Labute approximate surface area is 107 Å². The van der Waals surface area contributed by atoms with Gasteiger partial charge in [-0.3, -0.25) is 0 Å². The normalized spacial score (nSPS) is 0. The van der Waals surface area contributed by atoms with E-state index in [4.69, 9.17) is 0 Å². The first-order valence-corrected chi connectivity index (χ1v) is 0. The summed E-state index contributed by atoms with van der Waals surface area (Å²) in [4.78, 5) is 0. The Morgan fingerprint density at radius 3 is 0.750 bits per heavy atom. The molecule has 0 fully saturated rings. The molecule has 0 bridgehead atoms. The maximum atomic E-state index is 0. The molecule has 0 saturated heterocycles. The van der Waals surface area contributed by atoms with E-state index in [1.54, 1.807) is 0 Å². The second-order valence-electron chi connectivity index (χ2n) is 0. The van der Waals surface area contributed by atoms with Crippen LogP contribution in [0.5, 0.6) is 0 Å². The van der Waals surface area contributed by atoms with Crippen LogP contribution < -0.4 is 0 Å². The Morgan fingerprint density at radius 2 is 0.750 bits per heavy atom. The second kappa shape index (κ2) is 16.1. The summed E-state index contributed by atoms with van der Waals surface area (Å²) in [7, 11) is 0. The van der Waals surface area contributed by atoms with Crippen LogP contribution in [0.25, 0.3) is 0 Å². The number of rotatable bonds is 0. The first kappa shape index (κ1) is 25.9. The molecule has 1 nitrogen and oxygen atoms in total. The van der Waals surface area contributed by atoms with E-state index in [9.17, 15) is 0 Å². The van der Waals surface area contributed by atoms with Gasteiger partial charge in [-0.05, 0) is 0 Å². The molecular weight excluding hydrogens is 119 g/mol. The van der Waals surface area contributed by atoms with Gasteiger partial charge in [0.15, 0.2) is 0 Å². The van der Waals surface area contributed by atoms with Crippen molar-refractivity contribution in [1.82, 2.24) is 0 Å². The molecule has 4 heteroatoms. The minimum absolute atomic E-state index is 0. The van der Waals surface area contributed by atoms with Crippen LogP contribution in [0.15, 0.2) is 0 Å². The maximum absolute atomic E-state index is 0. The predicted molar refractivity (Wildman–Crippen MR) is 27.9 cm³/mol. The molecule has 0 rings (SSSR count). The van der Waals surface area contributed by atoms with Crippen molar-refractivity contribution in [3.05, 3.63) is 0 Å². The molecule has 0 aromatic carbocycles. The molecule has 2 N–H and O–H groups in total. The van der Waals surface area contributed by atoms with Crippen molar-refractivity contribution in [1.29, 1.82) is 0 Å². The van der Waals surface area contributed by atoms with Gasteiger partial charge in [0.05, 0.1) is 0 Å². The van der Waals surface area contributed by atoms with E-state index in [1.807, 2.05) is 0 Å². The fourth-order valence-electron chi connectivity index (χ4n) is 0. The van der Waals surface area contributed by atoms with Gasteiger partial charge >= 0.3 is 105 Å². The Hall–Kier alpha value is 3.48. The summed E-state index contributed by atoms with van der Waals surface area (Å²) in [6.07, 6.45) is 0. The molecule has 0 heterocycles. The van der Waals surface area contributed by atoms with Gasteiger partial charge in [0.2, 0.25) is 0 Å². The zero-order chi connectivity index (χ0) is 0. The Morgan fingerprint density at radius 1 is 0.750 bits per heavy atom. The van der Waals surface area contributed by atoms with Crippen molar-refractivity contribution in [2.75, 3.05) is 0 Å². The van der Waals surface area contributed by atoms with E-state index in [0.29, 0.717) is 0 Å². The van der Waals surface area contributed by atoms with Gasteiger partial charge in [0, 0.05) is 0 Å². The van der Waals surface area contributed by atoms with Crippen LogP contribution in [0.2, 0.25) is 0 Å². The minimum atomic E-state index is 0. The summed E-state index contributed by atoms with van der Waals surface area (Å²) in [5.74, 6) is 0. The van der Waals surface area contributed by atoms with Crippen molar-refractivity contribution < 1.29 is 5.48 Å². The average Bonchev–Trinajstić information content (AvgIpc) is 0. The van der Waals surface area contributed by atoms with Gasteiger partial charge < -0.3 is 5.48 Å². The van der Waals surface area contributed by atoms with Crippen LogP contribution in [-0.2, 0) is 0 Å². The summed E-state index contributed by atoms with van der Waals surface area (Å²) < 4.78 is 0. The van der Waals surface area contributed by atoms with Gasteiger partial charge in [-0.15, -0.1) is 0 Å². The first-order chi connectivity index (χ1) is 0. The van der Waals surface area contributed by atoms with Crippen molar-refractivity contribution in [3.8, 4) is 0 Å². The molecule has 0 aliphatic rings. The first-order valence-electron chi connectivity index (χ1n) is 0. The summed E-state index contributed by atoms with van der Waals surface area (Å²) in [5, 5.41) is 0.